The van der Waals surface area contributed by atoms with Gasteiger partial charge in [-0.3, -0.25) is 14.4 Å². The Morgan fingerprint density at radius 1 is 0.911 bits per heavy atom. The Balaban J connectivity index is 1.51. The summed E-state index contributed by atoms with van der Waals surface area (Å²) in [5, 5.41) is 0. The third-order valence-electron chi connectivity index (χ3n) is 12.0. The zero-order valence-electron chi connectivity index (χ0n) is 26.9. The molecule has 6 nitrogen and oxygen atoms in total. The van der Waals surface area contributed by atoms with Crippen LogP contribution in [0.5, 0.6) is 0 Å². The van der Waals surface area contributed by atoms with Crippen molar-refractivity contribution in [2.24, 2.45) is 40.4 Å². The standard InChI is InChI=1S/C33H46F6O6/c1-18(8-7-14-31(32(34,35)36,33(37,38)39)45-21(4)42)25-11-12-26-24-10-9-22-16-23(43-19(2)40)17-28(44-20(3)41)30(22,6)27(24)13-15-29(25,26)5/h9,18,23-28H,7-8,10-17H2,1-6H3/t18-,23-,24+,25-,26+,27+,28+,29-,30+/m1/s1. The number of fused-ring (bicyclic) bond motifs is 5. The van der Waals surface area contributed by atoms with E-state index in [0.29, 0.717) is 25.7 Å². The molecule has 0 spiro atoms. The smallest absolute Gasteiger partial charge is 0.437 e. The molecule has 3 fully saturated rings. The second-order valence-electron chi connectivity index (χ2n) is 14.4. The molecule has 4 aliphatic carbocycles. The maximum Gasteiger partial charge on any atom is 0.437 e. The molecule has 4 rings (SSSR count). The van der Waals surface area contributed by atoms with Crippen molar-refractivity contribution in [2.45, 2.75) is 136 Å². The molecule has 12 heteroatoms. The molecule has 3 saturated carbocycles. The van der Waals surface area contributed by atoms with Gasteiger partial charge in [0.15, 0.2) is 0 Å². The molecule has 0 bridgehead atoms. The summed E-state index contributed by atoms with van der Waals surface area (Å²) in [5.74, 6) is -1.62. The number of hydrogen-bond acceptors (Lipinski definition) is 6. The summed E-state index contributed by atoms with van der Waals surface area (Å²) in [5.41, 5.74) is -3.95. The number of allylic oxidation sites excluding steroid dienone is 1. The first-order valence-electron chi connectivity index (χ1n) is 16.0. The van der Waals surface area contributed by atoms with E-state index in [2.05, 4.69) is 24.7 Å². The molecule has 0 amide bonds. The van der Waals surface area contributed by atoms with Gasteiger partial charge in [0.1, 0.15) is 12.2 Å². The number of hydrogen-bond donors (Lipinski definition) is 0. The van der Waals surface area contributed by atoms with Crippen LogP contribution in [0.2, 0.25) is 0 Å². The van der Waals surface area contributed by atoms with Gasteiger partial charge in [-0.25, -0.2) is 0 Å². The minimum absolute atomic E-state index is 0.116. The molecule has 0 aromatic rings. The summed E-state index contributed by atoms with van der Waals surface area (Å²) in [6, 6.07) is 0. The Labute approximate surface area is 261 Å². The van der Waals surface area contributed by atoms with Crippen molar-refractivity contribution in [1.29, 1.82) is 0 Å². The lowest BCUT2D eigenvalue weighted by atomic mass is 9.46. The van der Waals surface area contributed by atoms with Gasteiger partial charge in [-0.2, -0.15) is 26.3 Å². The number of alkyl halides is 6. The Morgan fingerprint density at radius 2 is 1.53 bits per heavy atom. The molecule has 256 valence electrons. The van der Waals surface area contributed by atoms with Crippen molar-refractivity contribution in [3.05, 3.63) is 11.6 Å². The van der Waals surface area contributed by atoms with Crippen LogP contribution in [0.3, 0.4) is 0 Å². The molecule has 9 atom stereocenters. The number of esters is 3. The Morgan fingerprint density at radius 3 is 2.09 bits per heavy atom. The van der Waals surface area contributed by atoms with E-state index in [4.69, 9.17) is 9.47 Å². The lowest BCUT2D eigenvalue weighted by Crippen LogP contribution is -2.59. The lowest BCUT2D eigenvalue weighted by molar-refractivity contribution is -0.371. The number of rotatable bonds is 8. The summed E-state index contributed by atoms with van der Waals surface area (Å²) in [7, 11) is 0. The van der Waals surface area contributed by atoms with Gasteiger partial charge in [-0.05, 0) is 73.5 Å². The fourth-order valence-electron chi connectivity index (χ4n) is 10.1. The summed E-state index contributed by atoms with van der Waals surface area (Å²) in [6.45, 7) is 9.58. The monoisotopic (exact) mass is 652 g/mol. The first kappa shape index (κ1) is 35.6. The maximum absolute atomic E-state index is 13.8. The summed E-state index contributed by atoms with van der Waals surface area (Å²) >= 11 is 0. The summed E-state index contributed by atoms with van der Waals surface area (Å²) in [4.78, 5) is 35.3. The molecule has 4 aliphatic rings. The highest BCUT2D eigenvalue weighted by Crippen LogP contribution is 2.68. The van der Waals surface area contributed by atoms with E-state index in [0.717, 1.165) is 37.7 Å². The van der Waals surface area contributed by atoms with Crippen LogP contribution in [-0.4, -0.2) is 48.1 Å². The average Bonchev–Trinajstić information content (AvgIpc) is 3.24. The second-order valence-corrected chi connectivity index (χ2v) is 14.4. The van der Waals surface area contributed by atoms with Gasteiger partial charge in [-0.1, -0.05) is 38.8 Å². The van der Waals surface area contributed by atoms with Gasteiger partial charge in [0, 0.05) is 45.4 Å². The SMILES string of the molecule is CC(=O)O[C@@H]1CC2=CC[C@H]3[C@@H]4CC[C@H]([C@H](C)CCCC(OC(C)=O)(C(F)(F)F)C(F)(F)F)[C@@]4(C)CC[C@@H]3[C@@]2(C)[C@@H](OC(C)=O)C1. The van der Waals surface area contributed by atoms with Gasteiger partial charge in [0.25, 0.3) is 0 Å². The van der Waals surface area contributed by atoms with Crippen LogP contribution in [0, 0.1) is 40.4 Å². The first-order valence-corrected chi connectivity index (χ1v) is 16.0. The highest BCUT2D eigenvalue weighted by molar-refractivity contribution is 5.67. The van der Waals surface area contributed by atoms with E-state index in [1.54, 1.807) is 0 Å². The molecule has 0 saturated heterocycles. The summed E-state index contributed by atoms with van der Waals surface area (Å²) < 4.78 is 98.1. The van der Waals surface area contributed by atoms with Crippen LogP contribution in [0.25, 0.3) is 0 Å². The zero-order chi connectivity index (χ0) is 33.8. The molecule has 0 unspecified atom stereocenters. The number of carbonyl (C=O) groups is 3. The second kappa shape index (κ2) is 12.4. The number of halogens is 6. The molecular formula is C33H46F6O6. The first-order chi connectivity index (χ1) is 20.7. The quantitative estimate of drug-likeness (QED) is 0.114. The molecular weight excluding hydrogens is 606 g/mol. The van der Waals surface area contributed by atoms with Crippen molar-refractivity contribution in [1.82, 2.24) is 0 Å². The summed E-state index contributed by atoms with van der Waals surface area (Å²) in [6.07, 6.45) is -6.57. The molecule has 0 aromatic carbocycles. The predicted molar refractivity (Wildman–Crippen MR) is 151 cm³/mol. The zero-order valence-corrected chi connectivity index (χ0v) is 26.9. The van der Waals surface area contributed by atoms with Gasteiger partial charge in [0.05, 0.1) is 0 Å². The molecule has 0 N–H and O–H groups in total. The third kappa shape index (κ3) is 6.36. The number of ether oxygens (including phenoxy) is 3. The van der Waals surface area contributed by atoms with Crippen LogP contribution in [0.4, 0.5) is 26.3 Å². The third-order valence-corrected chi connectivity index (χ3v) is 12.0. The normalized spacial score (nSPS) is 35.7. The van der Waals surface area contributed by atoms with Crippen LogP contribution < -0.4 is 0 Å². The van der Waals surface area contributed by atoms with Crippen molar-refractivity contribution >= 4 is 17.9 Å². The molecule has 0 aliphatic heterocycles. The van der Waals surface area contributed by atoms with Crippen LogP contribution in [0.1, 0.15) is 106 Å². The Bertz CT molecular complexity index is 1170. The van der Waals surface area contributed by atoms with Crippen LogP contribution in [0.15, 0.2) is 11.6 Å². The van der Waals surface area contributed by atoms with Crippen molar-refractivity contribution in [3.8, 4) is 0 Å². The highest BCUT2D eigenvalue weighted by atomic mass is 19.4. The van der Waals surface area contributed by atoms with Crippen molar-refractivity contribution in [3.63, 3.8) is 0 Å². The van der Waals surface area contributed by atoms with Crippen LogP contribution >= 0.6 is 0 Å². The fraction of sp³-hybridized carbons (Fsp3) is 0.848. The molecule has 0 heterocycles. The van der Waals surface area contributed by atoms with Crippen LogP contribution in [-0.2, 0) is 28.6 Å². The predicted octanol–water partition coefficient (Wildman–Crippen LogP) is 8.27. The fourth-order valence-corrected chi connectivity index (χ4v) is 10.1. The average molecular weight is 653 g/mol. The van der Waals surface area contributed by atoms with E-state index in [9.17, 15) is 40.7 Å². The highest BCUT2D eigenvalue weighted by Gasteiger charge is 2.73. The number of carbonyl (C=O) groups excluding carboxylic acids is 3. The topological polar surface area (TPSA) is 78.9 Å². The van der Waals surface area contributed by atoms with E-state index >= 15 is 0 Å². The van der Waals surface area contributed by atoms with Gasteiger partial charge >= 0.3 is 35.9 Å². The Kier molecular flexibility index (Phi) is 9.80. The van der Waals surface area contributed by atoms with E-state index in [1.807, 2.05) is 6.92 Å². The lowest BCUT2D eigenvalue weighted by Gasteiger charge is -2.60. The van der Waals surface area contributed by atoms with Gasteiger partial charge in [0.2, 0.25) is 0 Å². The molecule has 0 aromatic heterocycles. The molecule has 45 heavy (non-hydrogen) atoms. The molecule has 0 radical (unpaired) electrons. The van der Waals surface area contributed by atoms with Gasteiger partial charge < -0.3 is 14.2 Å². The largest absolute Gasteiger partial charge is 0.462 e. The van der Waals surface area contributed by atoms with Gasteiger partial charge in [-0.15, -0.1) is 0 Å². The van der Waals surface area contributed by atoms with E-state index in [-0.39, 0.29) is 47.6 Å². The maximum atomic E-state index is 13.8. The Hall–Kier alpha value is -2.27. The van der Waals surface area contributed by atoms with E-state index < -0.39 is 54.3 Å². The van der Waals surface area contributed by atoms with Crippen molar-refractivity contribution < 1.29 is 54.9 Å². The minimum Gasteiger partial charge on any atom is -0.462 e. The minimum atomic E-state index is -5.80. The van der Waals surface area contributed by atoms with Crippen molar-refractivity contribution in [2.75, 3.05) is 0 Å². The van der Waals surface area contributed by atoms with E-state index in [1.165, 1.54) is 13.8 Å².